The predicted molar refractivity (Wildman–Crippen MR) is 131 cm³/mol. The summed E-state index contributed by atoms with van der Waals surface area (Å²) in [4.78, 5) is 9.45. The highest BCUT2D eigenvalue weighted by molar-refractivity contribution is 14.0. The highest BCUT2D eigenvalue weighted by Crippen LogP contribution is 2.22. The molecule has 0 spiro atoms. The van der Waals surface area contributed by atoms with Crippen molar-refractivity contribution < 1.29 is 4.74 Å². The summed E-state index contributed by atoms with van der Waals surface area (Å²) in [5, 5.41) is 11.5. The number of rotatable bonds is 8. The van der Waals surface area contributed by atoms with Crippen LogP contribution in [-0.4, -0.2) is 47.0 Å². The van der Waals surface area contributed by atoms with E-state index in [-0.39, 0.29) is 35.4 Å². The largest absolute Gasteiger partial charge is 0.377 e. The molecule has 1 aliphatic rings. The van der Waals surface area contributed by atoms with E-state index in [0.29, 0.717) is 6.61 Å². The second-order valence-corrected chi connectivity index (χ2v) is 8.46. The quantitative estimate of drug-likeness (QED) is 0.314. The Morgan fingerprint density at radius 3 is 2.77 bits per heavy atom. The zero-order chi connectivity index (χ0) is 20.7. The van der Waals surface area contributed by atoms with E-state index in [2.05, 4.69) is 71.8 Å². The predicted octanol–water partition coefficient (Wildman–Crippen LogP) is 3.18. The van der Waals surface area contributed by atoms with E-state index >= 15 is 0 Å². The van der Waals surface area contributed by atoms with Crippen LogP contribution in [0.4, 0.5) is 0 Å². The van der Waals surface area contributed by atoms with E-state index in [1.54, 1.807) is 7.11 Å². The molecule has 0 aliphatic carbocycles. The molecule has 0 amide bonds. The molecule has 0 saturated heterocycles. The fraction of sp³-hybridized carbons (Fsp3) is 0.591. The van der Waals surface area contributed by atoms with Gasteiger partial charge in [0.05, 0.1) is 6.54 Å². The molecule has 1 atom stereocenters. The Morgan fingerprint density at radius 1 is 1.30 bits per heavy atom. The molecule has 1 aromatic heterocycles. The Kier molecular flexibility index (Phi) is 9.54. The summed E-state index contributed by atoms with van der Waals surface area (Å²) in [7, 11) is 1.67. The number of ether oxygens (including phenoxy) is 1. The van der Waals surface area contributed by atoms with Gasteiger partial charge in [0.25, 0.3) is 0 Å². The van der Waals surface area contributed by atoms with Crippen LogP contribution in [0.5, 0.6) is 0 Å². The Balaban J connectivity index is 0.00000320. The van der Waals surface area contributed by atoms with Crippen LogP contribution in [0.2, 0.25) is 0 Å². The number of guanidine groups is 1. The first kappa shape index (κ1) is 24.6. The molecule has 2 heterocycles. The van der Waals surface area contributed by atoms with Gasteiger partial charge in [-0.3, -0.25) is 4.99 Å². The number of fused-ring (bicyclic) bond motifs is 1. The molecule has 3 rings (SSSR count). The lowest BCUT2D eigenvalue weighted by atomic mass is 9.86. The molecule has 2 N–H and O–H groups in total. The summed E-state index contributed by atoms with van der Waals surface area (Å²) in [5.41, 5.74) is 1.44. The van der Waals surface area contributed by atoms with E-state index in [1.807, 2.05) is 4.68 Å². The van der Waals surface area contributed by atoms with Crippen LogP contribution in [0.3, 0.4) is 0 Å². The molecule has 0 radical (unpaired) electrons. The van der Waals surface area contributed by atoms with E-state index in [9.17, 15) is 0 Å². The van der Waals surface area contributed by atoms with Gasteiger partial charge in [-0.1, -0.05) is 44.2 Å². The van der Waals surface area contributed by atoms with Gasteiger partial charge < -0.3 is 15.4 Å². The number of aryl methyl sites for hydroxylation is 1. The van der Waals surface area contributed by atoms with Gasteiger partial charge in [-0.2, -0.15) is 5.10 Å². The summed E-state index contributed by atoms with van der Waals surface area (Å²) < 4.78 is 7.15. The minimum atomic E-state index is 0. The van der Waals surface area contributed by atoms with Crippen LogP contribution in [0, 0.1) is 5.41 Å². The Hall–Kier alpha value is -1.68. The highest BCUT2D eigenvalue weighted by atomic mass is 127. The van der Waals surface area contributed by atoms with Gasteiger partial charge in [0.15, 0.2) is 11.8 Å². The van der Waals surface area contributed by atoms with Crippen molar-refractivity contribution in [2.75, 3.05) is 20.2 Å². The molecule has 30 heavy (non-hydrogen) atoms. The van der Waals surface area contributed by atoms with Crippen LogP contribution < -0.4 is 10.6 Å². The molecule has 1 aliphatic heterocycles. The smallest absolute Gasteiger partial charge is 0.191 e. The average molecular weight is 526 g/mol. The van der Waals surface area contributed by atoms with E-state index in [4.69, 9.17) is 9.73 Å². The summed E-state index contributed by atoms with van der Waals surface area (Å²) in [6.07, 6.45) is 2.93. The van der Waals surface area contributed by atoms with Gasteiger partial charge in [-0.05, 0) is 30.7 Å². The van der Waals surface area contributed by atoms with Crippen LogP contribution in [-0.2, 0) is 30.7 Å². The van der Waals surface area contributed by atoms with Crippen molar-refractivity contribution in [3.05, 3.63) is 47.5 Å². The Bertz CT molecular complexity index is 805. The maximum Gasteiger partial charge on any atom is 0.191 e. The van der Waals surface area contributed by atoms with Crippen LogP contribution in [0.1, 0.15) is 44.4 Å². The second kappa shape index (κ2) is 11.6. The Morgan fingerprint density at radius 2 is 2.07 bits per heavy atom. The number of aromatic nitrogens is 3. The van der Waals surface area contributed by atoms with Crippen LogP contribution >= 0.6 is 24.0 Å². The first-order valence-corrected chi connectivity index (χ1v) is 10.5. The minimum Gasteiger partial charge on any atom is -0.377 e. The number of benzene rings is 1. The first-order chi connectivity index (χ1) is 14.0. The van der Waals surface area contributed by atoms with Crippen molar-refractivity contribution in [3.63, 3.8) is 0 Å². The molecule has 2 aromatic rings. The van der Waals surface area contributed by atoms with Crippen molar-refractivity contribution in [2.45, 2.75) is 59.2 Å². The third-order valence-corrected chi connectivity index (χ3v) is 5.05. The maximum atomic E-state index is 5.15. The number of methoxy groups -OCH3 is 1. The fourth-order valence-corrected chi connectivity index (χ4v) is 3.68. The van der Waals surface area contributed by atoms with Gasteiger partial charge >= 0.3 is 0 Å². The van der Waals surface area contributed by atoms with Gasteiger partial charge in [0, 0.05) is 32.7 Å². The third-order valence-electron chi connectivity index (χ3n) is 5.05. The molecule has 0 bridgehead atoms. The normalized spacial score (nSPS) is 16.5. The monoisotopic (exact) mass is 526 g/mol. The Labute approximate surface area is 197 Å². The highest BCUT2D eigenvalue weighted by Gasteiger charge is 2.23. The van der Waals surface area contributed by atoms with Gasteiger partial charge in [-0.15, -0.1) is 24.0 Å². The topological polar surface area (TPSA) is 76.4 Å². The number of hydrogen-bond acceptors (Lipinski definition) is 4. The average Bonchev–Trinajstić information content (AvgIpc) is 3.09. The van der Waals surface area contributed by atoms with Crippen LogP contribution in [0.15, 0.2) is 35.3 Å². The summed E-state index contributed by atoms with van der Waals surface area (Å²) in [6, 6.07) is 10.9. The number of halogens is 1. The SMILES string of the molecule is CCNC(=NCC(C)(C)Cc1ccccc1)NC1CCc2nc(COC)nn2C1.I. The molecule has 8 heteroatoms. The molecule has 7 nitrogen and oxygen atoms in total. The maximum absolute atomic E-state index is 5.15. The zero-order valence-corrected chi connectivity index (χ0v) is 20.8. The number of nitrogens with one attached hydrogen (secondary N) is 2. The van der Waals surface area contributed by atoms with Crippen molar-refractivity contribution in [1.29, 1.82) is 0 Å². The summed E-state index contributed by atoms with van der Waals surface area (Å²) in [6.45, 7) is 9.49. The number of aliphatic imine (C=N–C) groups is 1. The van der Waals surface area contributed by atoms with E-state index < -0.39 is 0 Å². The lowest BCUT2D eigenvalue weighted by Crippen LogP contribution is -2.47. The molecule has 166 valence electrons. The number of nitrogens with zero attached hydrogens (tertiary/aromatic N) is 4. The molecule has 0 fully saturated rings. The second-order valence-electron chi connectivity index (χ2n) is 8.46. The van der Waals surface area contributed by atoms with Gasteiger partial charge in [-0.25, -0.2) is 9.67 Å². The molecular weight excluding hydrogens is 491 g/mol. The standard InChI is InChI=1S/C22H34N6O.HI/c1-5-23-21(24-16-22(2,3)13-17-9-7-6-8-10-17)25-18-11-12-20-26-19(15-29-4)27-28(20)14-18;/h6-10,18H,5,11-16H2,1-4H3,(H2,23,24,25);1H. The summed E-state index contributed by atoms with van der Waals surface area (Å²) in [5.74, 6) is 2.67. The molecular formula is C22H35IN6O. The van der Waals surface area contributed by atoms with Crippen molar-refractivity contribution in [3.8, 4) is 0 Å². The van der Waals surface area contributed by atoms with E-state index in [0.717, 1.165) is 56.5 Å². The first-order valence-electron chi connectivity index (χ1n) is 10.5. The van der Waals surface area contributed by atoms with Crippen molar-refractivity contribution in [2.24, 2.45) is 10.4 Å². The van der Waals surface area contributed by atoms with Crippen molar-refractivity contribution in [1.82, 2.24) is 25.4 Å². The van der Waals surface area contributed by atoms with E-state index in [1.165, 1.54) is 5.56 Å². The van der Waals surface area contributed by atoms with Gasteiger partial charge in [0.1, 0.15) is 12.4 Å². The van der Waals surface area contributed by atoms with Crippen molar-refractivity contribution >= 4 is 29.9 Å². The van der Waals surface area contributed by atoms with Gasteiger partial charge in [0.2, 0.25) is 0 Å². The lowest BCUT2D eigenvalue weighted by molar-refractivity contribution is 0.177. The molecule has 1 unspecified atom stereocenters. The zero-order valence-electron chi connectivity index (χ0n) is 18.5. The minimum absolute atomic E-state index is 0. The third kappa shape index (κ3) is 7.23. The lowest BCUT2D eigenvalue weighted by Gasteiger charge is -2.27. The number of hydrogen-bond donors (Lipinski definition) is 2. The fourth-order valence-electron chi connectivity index (χ4n) is 3.68. The molecule has 0 saturated carbocycles. The summed E-state index contributed by atoms with van der Waals surface area (Å²) >= 11 is 0. The molecule has 1 aromatic carbocycles. The van der Waals surface area contributed by atoms with Crippen LogP contribution in [0.25, 0.3) is 0 Å².